The minimum Gasteiger partial charge on any atom is -0.380 e. The minimum atomic E-state index is -2.67. The van der Waals surface area contributed by atoms with Crippen LogP contribution in [0.15, 0.2) is 42.7 Å². The van der Waals surface area contributed by atoms with Gasteiger partial charge in [-0.25, -0.2) is 13.8 Å². The number of amides is 1. The topological polar surface area (TPSA) is 102 Å². The number of pyridine rings is 1. The number of carbonyl (C=O) groups is 1. The van der Waals surface area contributed by atoms with Gasteiger partial charge in [0.2, 0.25) is 5.82 Å². The molecule has 5 heterocycles. The van der Waals surface area contributed by atoms with Gasteiger partial charge in [0.1, 0.15) is 11.3 Å². The fourth-order valence-corrected chi connectivity index (χ4v) is 5.21. The zero-order valence-electron chi connectivity index (χ0n) is 20.1. The van der Waals surface area contributed by atoms with Crippen LogP contribution in [0.4, 0.5) is 20.2 Å². The van der Waals surface area contributed by atoms with Crippen LogP contribution in [0.5, 0.6) is 0 Å². The summed E-state index contributed by atoms with van der Waals surface area (Å²) in [6, 6.07) is 8.90. The molecule has 12 heteroatoms. The van der Waals surface area contributed by atoms with Crippen LogP contribution in [0, 0.1) is 12.3 Å². The summed E-state index contributed by atoms with van der Waals surface area (Å²) in [6.45, 7) is 5.40. The largest absolute Gasteiger partial charge is 0.380 e. The molecule has 2 aliphatic heterocycles. The van der Waals surface area contributed by atoms with Gasteiger partial charge in [-0.3, -0.25) is 9.20 Å². The number of nitrogens with zero attached hydrogens (tertiary/aromatic N) is 7. The Bertz CT molecular complexity index is 1530. The number of halogens is 2. The van der Waals surface area contributed by atoms with Crippen molar-refractivity contribution in [1.29, 1.82) is 0 Å². The van der Waals surface area contributed by atoms with E-state index < -0.39 is 12.0 Å². The van der Waals surface area contributed by atoms with E-state index in [2.05, 4.69) is 30.6 Å². The van der Waals surface area contributed by atoms with Crippen molar-refractivity contribution < 1.29 is 18.3 Å². The molecule has 0 atom stereocenters. The zero-order valence-corrected chi connectivity index (χ0v) is 20.1. The highest BCUT2D eigenvalue weighted by molar-refractivity contribution is 6.04. The highest BCUT2D eigenvalue weighted by atomic mass is 19.3. The van der Waals surface area contributed by atoms with Crippen molar-refractivity contribution in [3.8, 4) is 11.4 Å². The number of ether oxygens (including phenoxy) is 1. The Kier molecular flexibility index (Phi) is 4.69. The Morgan fingerprint density at radius 1 is 1.16 bits per heavy atom. The molecule has 10 nitrogen and oxygen atoms in total. The standard InChI is InChI=1S/C25H24F2N8O2/c1-15-2-3-16(22-30-32-35(31-22)18-7-25(26,27)8-18)6-19(15)29-23(36)20-9-28-21-5-4-17(10-34(20)21)33-11-24(12-33)13-37-14-24/h2-6,9-10,18H,7-8,11-14H2,1H3,(H,29,36). The fourth-order valence-electron chi connectivity index (χ4n) is 5.21. The zero-order chi connectivity index (χ0) is 25.4. The molecule has 1 amide bonds. The Labute approximate surface area is 210 Å². The predicted octanol–water partition coefficient (Wildman–Crippen LogP) is 3.36. The highest BCUT2D eigenvalue weighted by Crippen LogP contribution is 2.44. The first-order chi connectivity index (χ1) is 17.8. The van der Waals surface area contributed by atoms with E-state index in [-0.39, 0.29) is 24.2 Å². The number of tetrazole rings is 1. The summed E-state index contributed by atoms with van der Waals surface area (Å²) >= 11 is 0. The Balaban J connectivity index is 1.11. The molecule has 7 rings (SSSR count). The number of hydrogen-bond donors (Lipinski definition) is 1. The monoisotopic (exact) mass is 506 g/mol. The van der Waals surface area contributed by atoms with E-state index in [0.717, 1.165) is 37.6 Å². The summed E-state index contributed by atoms with van der Waals surface area (Å²) in [5.41, 5.74) is 4.50. The van der Waals surface area contributed by atoms with E-state index in [4.69, 9.17) is 4.74 Å². The van der Waals surface area contributed by atoms with Crippen molar-refractivity contribution in [3.05, 3.63) is 54.0 Å². The van der Waals surface area contributed by atoms with E-state index in [1.54, 1.807) is 16.7 Å². The summed E-state index contributed by atoms with van der Waals surface area (Å²) < 4.78 is 33.6. The second kappa shape index (κ2) is 7.78. The summed E-state index contributed by atoms with van der Waals surface area (Å²) in [6.07, 6.45) is 2.93. The average Bonchev–Trinajstić information content (AvgIpc) is 3.44. The number of anilines is 2. The van der Waals surface area contributed by atoms with Crippen LogP contribution in [0.25, 0.3) is 17.0 Å². The molecule has 37 heavy (non-hydrogen) atoms. The van der Waals surface area contributed by atoms with Crippen molar-refractivity contribution in [2.45, 2.75) is 31.7 Å². The van der Waals surface area contributed by atoms with Gasteiger partial charge in [0.05, 0.1) is 36.6 Å². The first kappa shape index (κ1) is 22.3. The van der Waals surface area contributed by atoms with Crippen LogP contribution >= 0.6 is 0 Å². The molecular formula is C25H24F2N8O2. The molecule has 190 valence electrons. The van der Waals surface area contributed by atoms with Crippen LogP contribution < -0.4 is 10.2 Å². The molecule has 3 fully saturated rings. The highest BCUT2D eigenvalue weighted by Gasteiger charge is 2.49. The van der Waals surface area contributed by atoms with Gasteiger partial charge in [-0.15, -0.1) is 10.2 Å². The summed E-state index contributed by atoms with van der Waals surface area (Å²) in [5.74, 6) is -2.65. The van der Waals surface area contributed by atoms with Gasteiger partial charge in [-0.2, -0.15) is 4.80 Å². The van der Waals surface area contributed by atoms with Crippen LogP contribution in [0.1, 0.15) is 34.9 Å². The molecule has 4 aromatic rings. The molecule has 3 aromatic heterocycles. The summed E-state index contributed by atoms with van der Waals surface area (Å²) in [5, 5.41) is 15.3. The van der Waals surface area contributed by atoms with Crippen LogP contribution in [-0.4, -0.2) is 67.7 Å². The van der Waals surface area contributed by atoms with E-state index >= 15 is 0 Å². The van der Waals surface area contributed by atoms with E-state index in [9.17, 15) is 13.6 Å². The number of alkyl halides is 2. The van der Waals surface area contributed by atoms with Gasteiger partial charge in [0.25, 0.3) is 11.8 Å². The van der Waals surface area contributed by atoms with Crippen molar-refractivity contribution in [2.75, 3.05) is 36.5 Å². The number of carbonyl (C=O) groups excluding carboxylic acids is 1. The number of nitrogens with one attached hydrogen (secondary N) is 1. The lowest BCUT2D eigenvalue weighted by Crippen LogP contribution is -2.66. The number of fused-ring (bicyclic) bond motifs is 1. The lowest BCUT2D eigenvalue weighted by atomic mass is 9.78. The van der Waals surface area contributed by atoms with Crippen LogP contribution in [-0.2, 0) is 4.74 Å². The third-order valence-corrected chi connectivity index (χ3v) is 7.52. The third kappa shape index (κ3) is 3.74. The lowest BCUT2D eigenvalue weighted by Gasteiger charge is -2.55. The lowest BCUT2D eigenvalue weighted by molar-refractivity contribution is -0.127. The number of benzene rings is 1. The maximum absolute atomic E-state index is 13.3. The van der Waals surface area contributed by atoms with Gasteiger partial charge < -0.3 is 15.0 Å². The SMILES string of the molecule is Cc1ccc(-c2nnn(C3CC(F)(F)C3)n2)cc1NC(=O)c1cnc2ccc(N3CC4(COC4)C3)cn12. The number of rotatable bonds is 5. The molecule has 2 saturated heterocycles. The maximum Gasteiger partial charge on any atom is 0.274 e. The summed E-state index contributed by atoms with van der Waals surface area (Å²) in [7, 11) is 0. The predicted molar refractivity (Wildman–Crippen MR) is 130 cm³/mol. The molecular weight excluding hydrogens is 482 g/mol. The van der Waals surface area contributed by atoms with Crippen molar-refractivity contribution >= 4 is 22.9 Å². The van der Waals surface area contributed by atoms with Crippen molar-refractivity contribution in [1.82, 2.24) is 29.6 Å². The molecule has 1 saturated carbocycles. The van der Waals surface area contributed by atoms with Crippen molar-refractivity contribution in [3.63, 3.8) is 0 Å². The first-order valence-corrected chi connectivity index (χ1v) is 12.2. The Morgan fingerprint density at radius 3 is 2.70 bits per heavy atom. The van der Waals surface area contributed by atoms with Gasteiger partial charge in [0, 0.05) is 43.4 Å². The molecule has 1 N–H and O–H groups in total. The molecule has 3 aliphatic rings. The Morgan fingerprint density at radius 2 is 1.97 bits per heavy atom. The minimum absolute atomic E-state index is 0.286. The molecule has 1 aromatic carbocycles. The summed E-state index contributed by atoms with van der Waals surface area (Å²) in [4.78, 5) is 21.2. The molecule has 0 radical (unpaired) electrons. The van der Waals surface area contributed by atoms with E-state index in [0.29, 0.717) is 28.4 Å². The number of aryl methyl sites for hydroxylation is 1. The average molecular weight is 507 g/mol. The molecule has 1 aliphatic carbocycles. The van der Waals surface area contributed by atoms with E-state index in [1.807, 2.05) is 37.4 Å². The van der Waals surface area contributed by atoms with Gasteiger partial charge in [0.15, 0.2) is 0 Å². The smallest absolute Gasteiger partial charge is 0.274 e. The number of aromatic nitrogens is 6. The molecule has 0 unspecified atom stereocenters. The second-order valence-corrected chi connectivity index (χ2v) is 10.4. The Hall–Kier alpha value is -3.93. The van der Waals surface area contributed by atoms with E-state index in [1.165, 1.54) is 4.80 Å². The fraction of sp³-hybridized carbons (Fsp3) is 0.400. The quantitative estimate of drug-likeness (QED) is 0.443. The number of imidazole rings is 1. The molecule has 1 spiro atoms. The van der Waals surface area contributed by atoms with Crippen molar-refractivity contribution in [2.24, 2.45) is 5.41 Å². The normalized spacial score (nSPS) is 19.9. The molecule has 0 bridgehead atoms. The first-order valence-electron chi connectivity index (χ1n) is 12.2. The number of hydrogen-bond acceptors (Lipinski definition) is 7. The van der Waals surface area contributed by atoms with Crippen LogP contribution in [0.2, 0.25) is 0 Å². The third-order valence-electron chi connectivity index (χ3n) is 7.52. The van der Waals surface area contributed by atoms with Gasteiger partial charge >= 0.3 is 0 Å². The van der Waals surface area contributed by atoms with Gasteiger partial charge in [-0.05, 0) is 35.9 Å². The van der Waals surface area contributed by atoms with Crippen LogP contribution in [0.3, 0.4) is 0 Å². The maximum atomic E-state index is 13.3. The van der Waals surface area contributed by atoms with Gasteiger partial charge in [-0.1, -0.05) is 12.1 Å². The second-order valence-electron chi connectivity index (χ2n) is 10.4.